The lowest BCUT2D eigenvalue weighted by atomic mass is 10.1. The van der Waals surface area contributed by atoms with Crippen molar-refractivity contribution in [2.45, 2.75) is 12.6 Å². The fourth-order valence-corrected chi connectivity index (χ4v) is 3.40. The second-order valence-electron chi connectivity index (χ2n) is 5.76. The number of hydrogen-bond acceptors (Lipinski definition) is 4. The van der Waals surface area contributed by atoms with Crippen LogP contribution < -0.4 is 10.6 Å². The van der Waals surface area contributed by atoms with Crippen LogP contribution >= 0.6 is 11.3 Å². The highest BCUT2D eigenvalue weighted by Crippen LogP contribution is 2.28. The fourth-order valence-electron chi connectivity index (χ4n) is 2.44. The molecule has 0 radical (unpaired) electrons. The Bertz CT molecular complexity index is 943. The maximum absolute atomic E-state index is 13.1. The fraction of sp³-hybridized carbons (Fsp3) is 0.100. The summed E-state index contributed by atoms with van der Waals surface area (Å²) in [5.41, 5.74) is 0.990. The molecular formula is C20H17FN2O3S. The second-order valence-corrected chi connectivity index (χ2v) is 6.96. The van der Waals surface area contributed by atoms with Gasteiger partial charge in [-0.2, -0.15) is 0 Å². The third-order valence-electron chi connectivity index (χ3n) is 3.78. The van der Waals surface area contributed by atoms with Gasteiger partial charge in [-0.15, -0.1) is 11.3 Å². The van der Waals surface area contributed by atoms with Gasteiger partial charge in [0.1, 0.15) is 11.9 Å². The molecule has 0 aliphatic carbocycles. The van der Waals surface area contributed by atoms with E-state index in [9.17, 15) is 19.1 Å². The molecule has 0 saturated carbocycles. The van der Waals surface area contributed by atoms with Crippen molar-refractivity contribution in [3.63, 3.8) is 0 Å². The van der Waals surface area contributed by atoms with E-state index in [2.05, 4.69) is 10.6 Å². The van der Waals surface area contributed by atoms with Crippen LogP contribution in [0, 0.1) is 5.82 Å². The molecule has 138 valence electrons. The highest BCUT2D eigenvalue weighted by Gasteiger charge is 2.16. The van der Waals surface area contributed by atoms with Crippen LogP contribution in [0.25, 0.3) is 0 Å². The van der Waals surface area contributed by atoms with Gasteiger partial charge in [-0.1, -0.05) is 36.4 Å². The Morgan fingerprint density at radius 3 is 2.52 bits per heavy atom. The highest BCUT2D eigenvalue weighted by atomic mass is 32.1. The number of aliphatic hydroxyl groups excluding tert-OH is 1. The van der Waals surface area contributed by atoms with Gasteiger partial charge in [-0.05, 0) is 35.9 Å². The molecule has 1 unspecified atom stereocenters. The van der Waals surface area contributed by atoms with Gasteiger partial charge < -0.3 is 15.7 Å². The predicted molar refractivity (Wildman–Crippen MR) is 102 cm³/mol. The molecule has 3 N–H and O–H groups in total. The summed E-state index contributed by atoms with van der Waals surface area (Å²) >= 11 is 1.35. The van der Waals surface area contributed by atoms with Gasteiger partial charge in [0.25, 0.3) is 0 Å². The minimum atomic E-state index is -0.873. The van der Waals surface area contributed by atoms with Crippen molar-refractivity contribution in [2.75, 3.05) is 5.32 Å². The average molecular weight is 384 g/mol. The van der Waals surface area contributed by atoms with Crippen molar-refractivity contribution in [3.8, 4) is 0 Å². The summed E-state index contributed by atoms with van der Waals surface area (Å²) in [7, 11) is 0. The molecule has 1 atom stereocenters. The zero-order chi connectivity index (χ0) is 19.2. The van der Waals surface area contributed by atoms with Gasteiger partial charge in [0.05, 0.1) is 6.54 Å². The number of carbonyl (C=O) groups excluding carboxylic acids is 2. The molecular weight excluding hydrogens is 367 g/mol. The molecule has 1 heterocycles. The number of amides is 2. The van der Waals surface area contributed by atoms with Crippen LogP contribution in [0.15, 0.2) is 66.7 Å². The van der Waals surface area contributed by atoms with E-state index in [1.54, 1.807) is 12.1 Å². The first-order valence-corrected chi connectivity index (χ1v) is 9.01. The Kier molecular flexibility index (Phi) is 5.95. The summed E-state index contributed by atoms with van der Waals surface area (Å²) < 4.78 is 13.1. The van der Waals surface area contributed by atoms with E-state index in [4.69, 9.17) is 0 Å². The first kappa shape index (κ1) is 18.8. The molecule has 2 aromatic carbocycles. The summed E-state index contributed by atoms with van der Waals surface area (Å²) in [5, 5.41) is 15.2. The number of hydrogen-bond donors (Lipinski definition) is 3. The van der Waals surface area contributed by atoms with Gasteiger partial charge in [-0.25, -0.2) is 4.39 Å². The Morgan fingerprint density at radius 1 is 1.00 bits per heavy atom. The van der Waals surface area contributed by atoms with E-state index in [-0.39, 0.29) is 12.2 Å². The minimum Gasteiger partial charge on any atom is -0.383 e. The number of aliphatic hydroxyl groups is 1. The number of rotatable bonds is 5. The molecule has 0 spiro atoms. The molecule has 0 fully saturated rings. The predicted octanol–water partition coefficient (Wildman–Crippen LogP) is 3.22. The molecule has 5 nitrogen and oxygen atoms in total. The van der Waals surface area contributed by atoms with Crippen molar-refractivity contribution in [1.82, 2.24) is 5.32 Å². The van der Waals surface area contributed by atoms with Crippen LogP contribution in [0.1, 0.15) is 21.4 Å². The van der Waals surface area contributed by atoms with Crippen molar-refractivity contribution in [1.29, 1.82) is 0 Å². The zero-order valence-electron chi connectivity index (χ0n) is 14.2. The highest BCUT2D eigenvalue weighted by molar-refractivity contribution is 7.12. The average Bonchev–Trinajstić information content (AvgIpc) is 3.15. The smallest absolute Gasteiger partial charge is 0.313 e. The number of halogens is 1. The number of thiophene rings is 1. The van der Waals surface area contributed by atoms with E-state index >= 15 is 0 Å². The van der Waals surface area contributed by atoms with Crippen LogP contribution in [0.2, 0.25) is 0 Å². The monoisotopic (exact) mass is 384 g/mol. The Balaban J connectivity index is 1.55. The van der Waals surface area contributed by atoms with Crippen LogP contribution in [-0.4, -0.2) is 16.9 Å². The molecule has 2 amide bonds. The first-order chi connectivity index (χ1) is 13.0. The number of benzene rings is 2. The summed E-state index contributed by atoms with van der Waals surface area (Å²) in [6.07, 6.45) is -0.739. The lowest BCUT2D eigenvalue weighted by molar-refractivity contribution is -0.136. The maximum atomic E-state index is 13.1. The summed E-state index contributed by atoms with van der Waals surface area (Å²) in [6, 6.07) is 18.1. The van der Waals surface area contributed by atoms with Crippen molar-refractivity contribution in [3.05, 3.63) is 87.9 Å². The molecule has 0 aliphatic rings. The molecule has 1 aromatic heterocycles. The Hall–Kier alpha value is -3.03. The largest absolute Gasteiger partial charge is 0.383 e. The number of carbonyl (C=O) groups is 2. The summed E-state index contributed by atoms with van der Waals surface area (Å²) in [5.74, 6) is -2.20. The summed E-state index contributed by atoms with van der Waals surface area (Å²) in [6.45, 7) is 0.154. The SMILES string of the molecule is O=C(NCc1ccc(C(O)c2ccccc2)s1)C(=O)Nc1cccc(F)c1. The van der Waals surface area contributed by atoms with Gasteiger partial charge in [-0.3, -0.25) is 9.59 Å². The van der Waals surface area contributed by atoms with E-state index < -0.39 is 23.7 Å². The third-order valence-corrected chi connectivity index (χ3v) is 4.92. The van der Waals surface area contributed by atoms with Crippen LogP contribution in [0.3, 0.4) is 0 Å². The van der Waals surface area contributed by atoms with E-state index in [0.717, 1.165) is 21.4 Å². The number of nitrogens with one attached hydrogen (secondary N) is 2. The number of anilines is 1. The molecule has 0 aliphatic heterocycles. The quantitative estimate of drug-likeness (QED) is 0.591. The molecule has 0 bridgehead atoms. The van der Waals surface area contributed by atoms with Crippen LogP contribution in [0.5, 0.6) is 0 Å². The molecule has 27 heavy (non-hydrogen) atoms. The van der Waals surface area contributed by atoms with Crippen LogP contribution in [-0.2, 0) is 16.1 Å². The van der Waals surface area contributed by atoms with E-state index in [1.165, 1.54) is 29.5 Å². The third kappa shape index (κ3) is 4.99. The van der Waals surface area contributed by atoms with Gasteiger partial charge in [0.2, 0.25) is 0 Å². The molecule has 7 heteroatoms. The normalized spacial score (nSPS) is 11.6. The zero-order valence-corrected chi connectivity index (χ0v) is 15.0. The van der Waals surface area contributed by atoms with Crippen LogP contribution in [0.4, 0.5) is 10.1 Å². The first-order valence-electron chi connectivity index (χ1n) is 8.19. The molecule has 3 rings (SSSR count). The van der Waals surface area contributed by atoms with Gasteiger partial charge in [0, 0.05) is 15.4 Å². The molecule has 0 saturated heterocycles. The van der Waals surface area contributed by atoms with Crippen molar-refractivity contribution in [2.24, 2.45) is 0 Å². The van der Waals surface area contributed by atoms with Crippen molar-refractivity contribution >= 4 is 28.8 Å². The maximum Gasteiger partial charge on any atom is 0.313 e. The molecule has 3 aromatic rings. The standard InChI is InChI=1S/C20H17FN2O3S/c21-14-7-4-8-15(11-14)23-20(26)19(25)22-12-16-9-10-17(27-16)18(24)13-5-2-1-3-6-13/h1-11,18,24H,12H2,(H,22,25)(H,23,26). The minimum absolute atomic E-state index is 0.154. The lowest BCUT2D eigenvalue weighted by Crippen LogP contribution is -2.34. The Labute approximate surface area is 159 Å². The lowest BCUT2D eigenvalue weighted by Gasteiger charge is -2.08. The van der Waals surface area contributed by atoms with Gasteiger partial charge >= 0.3 is 11.8 Å². The van der Waals surface area contributed by atoms with Gasteiger partial charge in [0.15, 0.2) is 0 Å². The summed E-state index contributed by atoms with van der Waals surface area (Å²) in [4.78, 5) is 25.3. The van der Waals surface area contributed by atoms with E-state index in [1.807, 2.05) is 30.3 Å². The Morgan fingerprint density at radius 2 is 1.78 bits per heavy atom. The topological polar surface area (TPSA) is 78.4 Å². The van der Waals surface area contributed by atoms with E-state index in [0.29, 0.717) is 0 Å². The van der Waals surface area contributed by atoms with Crippen molar-refractivity contribution < 1.29 is 19.1 Å². The second kappa shape index (κ2) is 8.57.